The van der Waals surface area contributed by atoms with E-state index in [1.807, 2.05) is 17.4 Å². The first-order valence-electron chi connectivity index (χ1n) is 9.00. The van der Waals surface area contributed by atoms with Gasteiger partial charge in [-0.15, -0.1) is 11.3 Å². The summed E-state index contributed by atoms with van der Waals surface area (Å²) in [7, 11) is 0. The number of anilines is 1. The van der Waals surface area contributed by atoms with E-state index >= 15 is 0 Å². The summed E-state index contributed by atoms with van der Waals surface area (Å²) < 4.78 is 4.98. The number of fused-ring (bicyclic) bond motifs is 7. The van der Waals surface area contributed by atoms with E-state index in [1.165, 1.54) is 47.7 Å². The third kappa shape index (κ3) is 2.00. The zero-order valence-electron chi connectivity index (χ0n) is 14.5. The highest BCUT2D eigenvalue weighted by molar-refractivity contribution is 7.26. The van der Waals surface area contributed by atoms with Crippen molar-refractivity contribution >= 4 is 59.0 Å². The summed E-state index contributed by atoms with van der Waals surface area (Å²) in [6.07, 6.45) is 0. The minimum absolute atomic E-state index is 0.797. The maximum atomic E-state index is 6.19. The summed E-state index contributed by atoms with van der Waals surface area (Å²) in [6.45, 7) is 0. The molecule has 128 valence electrons. The van der Waals surface area contributed by atoms with Crippen molar-refractivity contribution in [1.29, 1.82) is 0 Å². The van der Waals surface area contributed by atoms with Crippen LogP contribution in [0.25, 0.3) is 47.7 Å². The van der Waals surface area contributed by atoms with Crippen LogP contribution < -0.4 is 5.73 Å². The number of rotatable bonds is 1. The number of para-hydroxylation sites is 1. The van der Waals surface area contributed by atoms with Crippen LogP contribution in [0.3, 0.4) is 0 Å². The van der Waals surface area contributed by atoms with Crippen LogP contribution in [0.5, 0.6) is 0 Å². The largest absolute Gasteiger partial charge is 0.399 e. The van der Waals surface area contributed by atoms with Gasteiger partial charge in [0.2, 0.25) is 0 Å². The summed E-state index contributed by atoms with van der Waals surface area (Å²) in [4.78, 5) is 0. The quantitative estimate of drug-likeness (QED) is 0.322. The first-order valence-corrected chi connectivity index (χ1v) is 9.82. The van der Waals surface area contributed by atoms with Gasteiger partial charge >= 0.3 is 0 Å². The first kappa shape index (κ1) is 14.8. The molecule has 27 heavy (non-hydrogen) atoms. The molecule has 4 aromatic carbocycles. The van der Waals surface area contributed by atoms with Gasteiger partial charge in [-0.05, 0) is 48.5 Å². The Balaban J connectivity index is 1.93. The fourth-order valence-corrected chi connectivity index (χ4v) is 5.31. The molecule has 0 spiro atoms. The number of nitrogens with zero attached hydrogens (tertiary/aromatic N) is 1. The molecule has 0 saturated carbocycles. The van der Waals surface area contributed by atoms with Gasteiger partial charge in [0.1, 0.15) is 0 Å². The average molecular weight is 364 g/mol. The summed E-state index contributed by atoms with van der Waals surface area (Å²) >= 11 is 1.85. The fourth-order valence-electron chi connectivity index (χ4n) is 4.20. The van der Waals surface area contributed by atoms with Crippen molar-refractivity contribution in [3.05, 3.63) is 84.9 Å². The highest BCUT2D eigenvalue weighted by atomic mass is 32.1. The van der Waals surface area contributed by atoms with Crippen LogP contribution in [0.2, 0.25) is 0 Å². The van der Waals surface area contributed by atoms with Crippen molar-refractivity contribution < 1.29 is 0 Å². The van der Waals surface area contributed by atoms with Crippen molar-refractivity contribution in [1.82, 2.24) is 4.57 Å². The van der Waals surface area contributed by atoms with Gasteiger partial charge < -0.3 is 10.3 Å². The Hall–Kier alpha value is -3.30. The summed E-state index contributed by atoms with van der Waals surface area (Å²) in [5, 5.41) is 5.15. The topological polar surface area (TPSA) is 30.9 Å². The number of hydrogen-bond donors (Lipinski definition) is 1. The average Bonchev–Trinajstić information content (AvgIpc) is 3.23. The van der Waals surface area contributed by atoms with E-state index in [2.05, 4.69) is 83.4 Å². The molecular weight excluding hydrogens is 348 g/mol. The van der Waals surface area contributed by atoms with E-state index in [4.69, 9.17) is 5.73 Å². The van der Waals surface area contributed by atoms with Gasteiger partial charge in [-0.1, -0.05) is 36.4 Å². The molecule has 3 heteroatoms. The summed E-state index contributed by atoms with van der Waals surface area (Å²) in [5.41, 5.74) is 10.6. The van der Waals surface area contributed by atoms with Crippen molar-refractivity contribution in [2.45, 2.75) is 0 Å². The number of nitrogens with two attached hydrogens (primary N) is 1. The lowest BCUT2D eigenvalue weighted by Gasteiger charge is -2.07. The zero-order valence-corrected chi connectivity index (χ0v) is 15.3. The van der Waals surface area contributed by atoms with Crippen LogP contribution in [-0.2, 0) is 0 Å². The Labute approximate surface area is 160 Å². The lowest BCUT2D eigenvalue weighted by atomic mass is 10.1. The molecule has 2 N–H and O–H groups in total. The van der Waals surface area contributed by atoms with Crippen molar-refractivity contribution in [3.63, 3.8) is 0 Å². The predicted molar refractivity (Wildman–Crippen MR) is 118 cm³/mol. The van der Waals surface area contributed by atoms with Crippen LogP contribution in [0.1, 0.15) is 0 Å². The Morgan fingerprint density at radius 1 is 0.630 bits per heavy atom. The molecule has 0 unspecified atom stereocenters. The van der Waals surface area contributed by atoms with Gasteiger partial charge in [0.05, 0.1) is 11.0 Å². The number of benzene rings is 4. The standard InChI is InChI=1S/C24H16N2S/c25-15-10-11-19-18(14-15)23-20(26(19)16-6-2-1-3-7-16)12-13-22-24(23)17-8-4-5-9-21(17)27-22/h1-14H,25H2. The molecule has 0 saturated heterocycles. The second kappa shape index (κ2) is 5.35. The third-order valence-electron chi connectivity index (χ3n) is 5.31. The summed E-state index contributed by atoms with van der Waals surface area (Å²) in [6, 6.07) is 30.0. The zero-order chi connectivity index (χ0) is 18.0. The van der Waals surface area contributed by atoms with Gasteiger partial charge in [-0.3, -0.25) is 0 Å². The van der Waals surface area contributed by atoms with Gasteiger partial charge in [0.25, 0.3) is 0 Å². The maximum absolute atomic E-state index is 6.19. The molecular formula is C24H16N2S. The molecule has 2 heterocycles. The lowest BCUT2D eigenvalue weighted by Crippen LogP contribution is -1.93. The van der Waals surface area contributed by atoms with E-state index in [0.717, 1.165) is 5.69 Å². The molecule has 0 atom stereocenters. The second-order valence-electron chi connectivity index (χ2n) is 6.88. The minimum atomic E-state index is 0.797. The van der Waals surface area contributed by atoms with Gasteiger partial charge in [-0.25, -0.2) is 0 Å². The molecule has 0 bridgehead atoms. The van der Waals surface area contributed by atoms with Crippen LogP contribution in [0.4, 0.5) is 5.69 Å². The van der Waals surface area contributed by atoms with Crippen LogP contribution in [-0.4, -0.2) is 4.57 Å². The SMILES string of the molecule is Nc1ccc2c(c1)c1c3c(ccc1n2-c1ccccc1)sc1ccccc13. The van der Waals surface area contributed by atoms with E-state index in [1.54, 1.807) is 0 Å². The second-order valence-corrected chi connectivity index (χ2v) is 7.96. The van der Waals surface area contributed by atoms with E-state index in [0.29, 0.717) is 0 Å². The molecule has 0 fully saturated rings. The predicted octanol–water partition coefficient (Wildman–Crippen LogP) is 6.73. The van der Waals surface area contributed by atoms with Crippen molar-refractivity contribution in [2.24, 2.45) is 0 Å². The molecule has 0 aliphatic heterocycles. The van der Waals surface area contributed by atoms with Gasteiger partial charge in [-0.2, -0.15) is 0 Å². The fraction of sp³-hybridized carbons (Fsp3) is 0. The molecule has 0 aliphatic rings. The van der Waals surface area contributed by atoms with Crippen LogP contribution in [0, 0.1) is 0 Å². The molecule has 0 aliphatic carbocycles. The normalized spacial score (nSPS) is 11.9. The van der Waals surface area contributed by atoms with E-state index < -0.39 is 0 Å². The Bertz CT molecular complexity index is 1470. The van der Waals surface area contributed by atoms with Gasteiger partial charge in [0.15, 0.2) is 0 Å². The molecule has 0 amide bonds. The number of hydrogen-bond acceptors (Lipinski definition) is 2. The molecule has 6 rings (SSSR count). The van der Waals surface area contributed by atoms with E-state index in [-0.39, 0.29) is 0 Å². The molecule has 2 nitrogen and oxygen atoms in total. The Kier molecular flexibility index (Phi) is 2.94. The first-order chi connectivity index (χ1) is 13.3. The number of aromatic nitrogens is 1. The Morgan fingerprint density at radius 3 is 2.30 bits per heavy atom. The number of thiophene rings is 1. The Morgan fingerprint density at radius 2 is 1.41 bits per heavy atom. The van der Waals surface area contributed by atoms with Crippen LogP contribution in [0.15, 0.2) is 84.9 Å². The highest BCUT2D eigenvalue weighted by Crippen LogP contribution is 2.43. The van der Waals surface area contributed by atoms with Gasteiger partial charge in [0, 0.05) is 42.3 Å². The maximum Gasteiger partial charge on any atom is 0.0548 e. The van der Waals surface area contributed by atoms with E-state index in [9.17, 15) is 0 Å². The molecule has 2 aromatic heterocycles. The summed E-state index contributed by atoms with van der Waals surface area (Å²) in [5.74, 6) is 0. The molecule has 0 radical (unpaired) electrons. The third-order valence-corrected chi connectivity index (χ3v) is 6.44. The minimum Gasteiger partial charge on any atom is -0.399 e. The van der Waals surface area contributed by atoms with Crippen molar-refractivity contribution in [2.75, 3.05) is 5.73 Å². The van der Waals surface area contributed by atoms with Crippen molar-refractivity contribution in [3.8, 4) is 5.69 Å². The monoisotopic (exact) mass is 364 g/mol. The number of nitrogen functional groups attached to an aromatic ring is 1. The molecule has 6 aromatic rings. The van der Waals surface area contributed by atoms with Crippen LogP contribution >= 0.6 is 11.3 Å². The highest BCUT2D eigenvalue weighted by Gasteiger charge is 2.17. The lowest BCUT2D eigenvalue weighted by molar-refractivity contribution is 1.18. The smallest absolute Gasteiger partial charge is 0.0548 e.